The number of allylic oxidation sites excluding steroid dienone is 2. The Balaban J connectivity index is 1.84. The summed E-state index contributed by atoms with van der Waals surface area (Å²) in [7, 11) is 0. The molecule has 1 aliphatic carbocycles. The van der Waals surface area contributed by atoms with Gasteiger partial charge in [-0.3, -0.25) is 14.3 Å². The maximum Gasteiger partial charge on any atom is 0.307 e. The molecule has 1 aromatic rings. The number of rotatable bonds is 5. The maximum absolute atomic E-state index is 12.0. The van der Waals surface area contributed by atoms with E-state index in [1.165, 1.54) is 6.20 Å². The van der Waals surface area contributed by atoms with E-state index in [1.54, 1.807) is 10.9 Å². The van der Waals surface area contributed by atoms with E-state index in [0.717, 1.165) is 0 Å². The second-order valence-electron chi connectivity index (χ2n) is 4.71. The number of amides is 1. The topological polar surface area (TPSA) is 84.2 Å². The summed E-state index contributed by atoms with van der Waals surface area (Å²) in [4.78, 5) is 23.2. The lowest BCUT2D eigenvalue weighted by Crippen LogP contribution is -2.39. The molecule has 108 valence electrons. The molecule has 1 aliphatic rings. The van der Waals surface area contributed by atoms with Crippen molar-refractivity contribution in [1.29, 1.82) is 0 Å². The minimum absolute atomic E-state index is 0.222. The third-order valence-corrected chi connectivity index (χ3v) is 3.52. The van der Waals surface area contributed by atoms with Gasteiger partial charge in [-0.15, -0.1) is 0 Å². The van der Waals surface area contributed by atoms with Crippen molar-refractivity contribution in [3.8, 4) is 0 Å². The Labute approximate surface area is 121 Å². The van der Waals surface area contributed by atoms with Gasteiger partial charge in [-0.05, 0) is 12.8 Å². The predicted octanol–water partition coefficient (Wildman–Crippen LogP) is 1.32. The Morgan fingerprint density at radius 3 is 2.70 bits per heavy atom. The monoisotopic (exact) mass is 297 g/mol. The lowest BCUT2D eigenvalue weighted by atomic mass is 9.82. The smallest absolute Gasteiger partial charge is 0.307 e. The van der Waals surface area contributed by atoms with Crippen molar-refractivity contribution < 1.29 is 14.7 Å². The van der Waals surface area contributed by atoms with Crippen LogP contribution in [0.5, 0.6) is 0 Å². The molecule has 6 nitrogen and oxygen atoms in total. The molecule has 0 aliphatic heterocycles. The van der Waals surface area contributed by atoms with Gasteiger partial charge in [0.1, 0.15) is 0 Å². The van der Waals surface area contributed by atoms with Gasteiger partial charge < -0.3 is 10.4 Å². The molecule has 0 spiro atoms. The van der Waals surface area contributed by atoms with Crippen LogP contribution in [0.1, 0.15) is 12.8 Å². The molecule has 0 saturated heterocycles. The van der Waals surface area contributed by atoms with Crippen LogP contribution in [0.15, 0.2) is 24.5 Å². The van der Waals surface area contributed by atoms with E-state index >= 15 is 0 Å². The first-order valence-corrected chi connectivity index (χ1v) is 6.79. The van der Waals surface area contributed by atoms with Gasteiger partial charge in [0, 0.05) is 12.7 Å². The highest BCUT2D eigenvalue weighted by molar-refractivity contribution is 6.30. The Bertz CT molecular complexity index is 527. The van der Waals surface area contributed by atoms with Crippen molar-refractivity contribution in [3.05, 3.63) is 29.6 Å². The molecule has 1 aromatic heterocycles. The number of hydrogen-bond acceptors (Lipinski definition) is 3. The Kier molecular flexibility index (Phi) is 4.79. The van der Waals surface area contributed by atoms with E-state index in [9.17, 15) is 9.59 Å². The summed E-state index contributed by atoms with van der Waals surface area (Å²) in [6.07, 6.45) is 7.73. The molecule has 2 N–H and O–H groups in total. The summed E-state index contributed by atoms with van der Waals surface area (Å²) in [6, 6.07) is 0. The van der Waals surface area contributed by atoms with E-state index in [0.29, 0.717) is 31.0 Å². The normalized spacial score (nSPS) is 21.6. The van der Waals surface area contributed by atoms with Crippen LogP contribution in [0.3, 0.4) is 0 Å². The number of carboxylic acid groups (broad SMARTS) is 1. The van der Waals surface area contributed by atoms with E-state index < -0.39 is 17.8 Å². The van der Waals surface area contributed by atoms with Crippen LogP contribution in [0.4, 0.5) is 0 Å². The molecule has 0 bridgehead atoms. The fraction of sp³-hybridized carbons (Fsp3) is 0.462. The first-order chi connectivity index (χ1) is 9.58. The number of carbonyl (C=O) groups excluding carboxylic acids is 1. The number of halogens is 1. The van der Waals surface area contributed by atoms with Gasteiger partial charge in [0.25, 0.3) is 0 Å². The predicted molar refractivity (Wildman–Crippen MR) is 73.2 cm³/mol. The Morgan fingerprint density at radius 2 is 2.10 bits per heavy atom. The molecule has 7 heteroatoms. The third kappa shape index (κ3) is 3.60. The number of carboxylic acids is 1. The fourth-order valence-electron chi connectivity index (χ4n) is 2.26. The van der Waals surface area contributed by atoms with Crippen molar-refractivity contribution >= 4 is 23.5 Å². The second kappa shape index (κ2) is 6.56. The minimum atomic E-state index is -0.923. The average molecular weight is 298 g/mol. The van der Waals surface area contributed by atoms with Gasteiger partial charge >= 0.3 is 5.97 Å². The fourth-order valence-corrected chi connectivity index (χ4v) is 2.42. The van der Waals surface area contributed by atoms with Crippen molar-refractivity contribution in [2.75, 3.05) is 6.54 Å². The zero-order valence-electron chi connectivity index (χ0n) is 10.8. The van der Waals surface area contributed by atoms with Crippen molar-refractivity contribution in [2.24, 2.45) is 11.8 Å². The van der Waals surface area contributed by atoms with Crippen LogP contribution in [-0.2, 0) is 16.1 Å². The molecule has 0 aromatic carbocycles. The van der Waals surface area contributed by atoms with Crippen LogP contribution in [-0.4, -0.2) is 33.3 Å². The molecule has 1 heterocycles. The van der Waals surface area contributed by atoms with Crippen LogP contribution in [0.2, 0.25) is 5.02 Å². The number of nitrogens with zero attached hydrogens (tertiary/aromatic N) is 2. The molecule has 0 unspecified atom stereocenters. The molecule has 2 atom stereocenters. The van der Waals surface area contributed by atoms with Gasteiger partial charge in [-0.1, -0.05) is 23.8 Å². The summed E-state index contributed by atoms with van der Waals surface area (Å²) < 4.78 is 1.62. The first kappa shape index (κ1) is 14.6. The van der Waals surface area contributed by atoms with Gasteiger partial charge in [-0.2, -0.15) is 5.10 Å². The van der Waals surface area contributed by atoms with Crippen molar-refractivity contribution in [3.63, 3.8) is 0 Å². The summed E-state index contributed by atoms with van der Waals surface area (Å²) in [6.45, 7) is 0.891. The van der Waals surface area contributed by atoms with Crippen molar-refractivity contribution in [2.45, 2.75) is 19.4 Å². The molecule has 0 radical (unpaired) electrons. The SMILES string of the molecule is O=C(NCCn1cc(Cl)cn1)[C@H]1CC=CC[C@H]1C(=O)O. The Hall–Kier alpha value is -1.82. The minimum Gasteiger partial charge on any atom is -0.481 e. The van der Waals surface area contributed by atoms with Crippen LogP contribution >= 0.6 is 11.6 Å². The van der Waals surface area contributed by atoms with Crippen molar-refractivity contribution in [1.82, 2.24) is 15.1 Å². The highest BCUT2D eigenvalue weighted by Gasteiger charge is 2.33. The Morgan fingerprint density at radius 1 is 1.40 bits per heavy atom. The number of nitrogens with one attached hydrogen (secondary N) is 1. The van der Waals surface area contributed by atoms with Crippen LogP contribution < -0.4 is 5.32 Å². The number of carbonyl (C=O) groups is 2. The van der Waals surface area contributed by atoms with Gasteiger partial charge in [0.2, 0.25) is 5.91 Å². The molecule has 20 heavy (non-hydrogen) atoms. The third-order valence-electron chi connectivity index (χ3n) is 3.33. The molecule has 2 rings (SSSR count). The van der Waals surface area contributed by atoms with Gasteiger partial charge in [-0.25, -0.2) is 0 Å². The molecule has 1 amide bonds. The highest BCUT2D eigenvalue weighted by Crippen LogP contribution is 2.25. The quantitative estimate of drug-likeness (QED) is 0.803. The largest absolute Gasteiger partial charge is 0.481 e. The molecular weight excluding hydrogens is 282 g/mol. The standard InChI is InChI=1S/C13H16ClN3O3/c14-9-7-16-17(8-9)6-5-15-12(18)10-3-1-2-4-11(10)13(19)20/h1-2,7-8,10-11H,3-6H2,(H,15,18)(H,19,20)/t10-,11+/m0/s1. The van der Waals surface area contributed by atoms with E-state index in [-0.39, 0.29) is 5.91 Å². The lowest BCUT2D eigenvalue weighted by Gasteiger charge is -2.24. The highest BCUT2D eigenvalue weighted by atomic mass is 35.5. The summed E-state index contributed by atoms with van der Waals surface area (Å²) in [5.41, 5.74) is 0. The first-order valence-electron chi connectivity index (χ1n) is 6.41. The second-order valence-corrected chi connectivity index (χ2v) is 5.14. The van der Waals surface area contributed by atoms with Crippen LogP contribution in [0.25, 0.3) is 0 Å². The number of hydrogen-bond donors (Lipinski definition) is 2. The summed E-state index contributed by atoms with van der Waals surface area (Å²) in [5, 5.41) is 16.4. The number of aliphatic carboxylic acids is 1. The van der Waals surface area contributed by atoms with E-state index in [1.807, 2.05) is 12.2 Å². The van der Waals surface area contributed by atoms with Crippen LogP contribution in [0, 0.1) is 11.8 Å². The van der Waals surface area contributed by atoms with E-state index in [2.05, 4.69) is 10.4 Å². The number of aromatic nitrogens is 2. The summed E-state index contributed by atoms with van der Waals surface area (Å²) in [5.74, 6) is -2.29. The van der Waals surface area contributed by atoms with Gasteiger partial charge in [0.05, 0.1) is 29.6 Å². The molecule has 0 saturated carbocycles. The average Bonchev–Trinajstić information content (AvgIpc) is 2.84. The lowest BCUT2D eigenvalue weighted by molar-refractivity contribution is -0.147. The zero-order chi connectivity index (χ0) is 14.5. The maximum atomic E-state index is 12.0. The van der Waals surface area contributed by atoms with Gasteiger partial charge in [0.15, 0.2) is 0 Å². The zero-order valence-corrected chi connectivity index (χ0v) is 11.6. The molecular formula is C13H16ClN3O3. The summed E-state index contributed by atoms with van der Waals surface area (Å²) >= 11 is 5.73. The van der Waals surface area contributed by atoms with E-state index in [4.69, 9.17) is 16.7 Å². The molecule has 0 fully saturated rings.